The molecule has 0 fully saturated rings. The Hall–Kier alpha value is -1.22. The molecule has 16 heavy (non-hydrogen) atoms. The van der Waals surface area contributed by atoms with Crippen LogP contribution in [0.2, 0.25) is 5.02 Å². The lowest BCUT2D eigenvalue weighted by atomic mass is 10.2. The van der Waals surface area contributed by atoms with Crippen molar-refractivity contribution in [3.63, 3.8) is 0 Å². The maximum Gasteiger partial charge on any atom is 0.226 e. The lowest BCUT2D eigenvalue weighted by molar-refractivity contribution is -0.118. The second-order valence-electron chi connectivity index (χ2n) is 4.20. The summed E-state index contributed by atoms with van der Waals surface area (Å²) in [6.07, 6.45) is 0. The maximum absolute atomic E-state index is 11.6. The standard InChI is InChI=1S/C12H17ClN2O/c1-8(2)12(16)14-10-7-9(13)5-6-11(10)15(3)4/h5-8H,1-4H3,(H,14,16). The van der Waals surface area contributed by atoms with Gasteiger partial charge in [0.2, 0.25) is 5.91 Å². The molecular weight excluding hydrogens is 224 g/mol. The molecular formula is C12H17ClN2O. The third kappa shape index (κ3) is 3.14. The van der Waals surface area contributed by atoms with Crippen molar-refractivity contribution in [1.82, 2.24) is 0 Å². The second kappa shape index (κ2) is 5.21. The summed E-state index contributed by atoms with van der Waals surface area (Å²) in [5, 5.41) is 3.48. The summed E-state index contributed by atoms with van der Waals surface area (Å²) >= 11 is 5.91. The highest BCUT2D eigenvalue weighted by molar-refractivity contribution is 6.31. The average molecular weight is 241 g/mol. The third-order valence-electron chi connectivity index (χ3n) is 2.22. The Balaban J connectivity index is 3.01. The molecule has 1 N–H and O–H groups in total. The van der Waals surface area contributed by atoms with Crippen LogP contribution < -0.4 is 10.2 Å². The number of carbonyl (C=O) groups is 1. The quantitative estimate of drug-likeness (QED) is 0.881. The minimum Gasteiger partial charge on any atom is -0.376 e. The van der Waals surface area contributed by atoms with Crippen molar-refractivity contribution in [1.29, 1.82) is 0 Å². The number of nitrogens with zero attached hydrogens (tertiary/aromatic N) is 1. The maximum atomic E-state index is 11.6. The number of rotatable bonds is 3. The van der Waals surface area contributed by atoms with Crippen LogP contribution in [0.3, 0.4) is 0 Å². The molecule has 0 aliphatic heterocycles. The summed E-state index contributed by atoms with van der Waals surface area (Å²) in [7, 11) is 3.85. The highest BCUT2D eigenvalue weighted by Gasteiger charge is 2.11. The number of nitrogens with one attached hydrogen (secondary N) is 1. The first kappa shape index (κ1) is 12.8. The third-order valence-corrected chi connectivity index (χ3v) is 2.46. The molecule has 1 amide bonds. The fourth-order valence-electron chi connectivity index (χ4n) is 1.28. The monoisotopic (exact) mass is 240 g/mol. The minimum atomic E-state index is -0.0472. The molecule has 0 aliphatic rings. The zero-order chi connectivity index (χ0) is 12.3. The first-order valence-electron chi connectivity index (χ1n) is 5.19. The van der Waals surface area contributed by atoms with Crippen molar-refractivity contribution in [3.8, 4) is 0 Å². The van der Waals surface area contributed by atoms with Crippen LogP contribution in [0, 0.1) is 5.92 Å². The number of amides is 1. The van der Waals surface area contributed by atoms with Gasteiger partial charge in [-0.25, -0.2) is 0 Å². The van der Waals surface area contributed by atoms with Gasteiger partial charge in [-0.3, -0.25) is 4.79 Å². The Morgan fingerprint density at radius 2 is 2.00 bits per heavy atom. The zero-order valence-corrected chi connectivity index (χ0v) is 10.8. The van der Waals surface area contributed by atoms with E-state index in [4.69, 9.17) is 11.6 Å². The van der Waals surface area contributed by atoms with Crippen LogP contribution in [0.1, 0.15) is 13.8 Å². The topological polar surface area (TPSA) is 32.3 Å². The van der Waals surface area contributed by atoms with Gasteiger partial charge in [0.25, 0.3) is 0 Å². The molecule has 0 radical (unpaired) electrons. The fourth-order valence-corrected chi connectivity index (χ4v) is 1.45. The van der Waals surface area contributed by atoms with Crippen molar-refractivity contribution in [2.75, 3.05) is 24.3 Å². The van der Waals surface area contributed by atoms with Gasteiger partial charge in [0.1, 0.15) is 0 Å². The number of carbonyl (C=O) groups excluding carboxylic acids is 1. The first-order chi connectivity index (χ1) is 7.41. The largest absolute Gasteiger partial charge is 0.376 e. The predicted octanol–water partition coefficient (Wildman–Crippen LogP) is 3.00. The summed E-state index contributed by atoms with van der Waals surface area (Å²) in [6.45, 7) is 3.71. The second-order valence-corrected chi connectivity index (χ2v) is 4.64. The van der Waals surface area contributed by atoms with Gasteiger partial charge in [0, 0.05) is 25.0 Å². The van der Waals surface area contributed by atoms with Crippen LogP contribution in [0.5, 0.6) is 0 Å². The highest BCUT2D eigenvalue weighted by Crippen LogP contribution is 2.28. The molecule has 0 unspecified atom stereocenters. The van der Waals surface area contributed by atoms with Crippen molar-refractivity contribution in [2.24, 2.45) is 5.92 Å². The van der Waals surface area contributed by atoms with E-state index in [1.165, 1.54) is 0 Å². The molecule has 3 nitrogen and oxygen atoms in total. The van der Waals surface area contributed by atoms with Gasteiger partial charge in [0.15, 0.2) is 0 Å². The zero-order valence-electron chi connectivity index (χ0n) is 10.0. The van der Waals surface area contributed by atoms with E-state index < -0.39 is 0 Å². The van der Waals surface area contributed by atoms with E-state index in [-0.39, 0.29) is 11.8 Å². The average Bonchev–Trinajstić information content (AvgIpc) is 2.16. The van der Waals surface area contributed by atoms with E-state index in [2.05, 4.69) is 5.32 Å². The molecule has 0 heterocycles. The molecule has 0 aliphatic carbocycles. The van der Waals surface area contributed by atoms with E-state index in [0.29, 0.717) is 5.02 Å². The predicted molar refractivity (Wildman–Crippen MR) is 69.2 cm³/mol. The Morgan fingerprint density at radius 3 is 2.50 bits per heavy atom. The summed E-state index contributed by atoms with van der Waals surface area (Å²) in [5.41, 5.74) is 1.69. The van der Waals surface area contributed by atoms with Gasteiger partial charge in [-0.05, 0) is 18.2 Å². The van der Waals surface area contributed by atoms with Crippen molar-refractivity contribution >= 4 is 28.9 Å². The first-order valence-corrected chi connectivity index (χ1v) is 5.57. The van der Waals surface area contributed by atoms with Crippen molar-refractivity contribution in [2.45, 2.75) is 13.8 Å². The molecule has 1 aromatic carbocycles. The van der Waals surface area contributed by atoms with E-state index >= 15 is 0 Å². The smallest absolute Gasteiger partial charge is 0.226 e. The molecule has 4 heteroatoms. The highest BCUT2D eigenvalue weighted by atomic mass is 35.5. The molecule has 0 saturated carbocycles. The van der Waals surface area contributed by atoms with Gasteiger partial charge in [-0.2, -0.15) is 0 Å². The van der Waals surface area contributed by atoms with Crippen molar-refractivity contribution in [3.05, 3.63) is 23.2 Å². The van der Waals surface area contributed by atoms with E-state index in [1.54, 1.807) is 6.07 Å². The Kier molecular flexibility index (Phi) is 4.19. The Labute approximate surface area is 101 Å². The van der Waals surface area contributed by atoms with Gasteiger partial charge >= 0.3 is 0 Å². The van der Waals surface area contributed by atoms with Crippen LogP contribution in [-0.4, -0.2) is 20.0 Å². The molecule has 1 aromatic rings. The summed E-state index contributed by atoms with van der Waals surface area (Å²) in [4.78, 5) is 13.6. The van der Waals surface area contributed by atoms with E-state index in [0.717, 1.165) is 11.4 Å². The molecule has 88 valence electrons. The number of hydrogen-bond acceptors (Lipinski definition) is 2. The van der Waals surface area contributed by atoms with Crippen LogP contribution in [0.25, 0.3) is 0 Å². The lowest BCUT2D eigenvalue weighted by Crippen LogP contribution is -2.20. The van der Waals surface area contributed by atoms with E-state index in [1.807, 2.05) is 45.0 Å². The van der Waals surface area contributed by atoms with Crippen LogP contribution in [0.15, 0.2) is 18.2 Å². The minimum absolute atomic E-state index is 0.00892. The SMILES string of the molecule is CC(C)C(=O)Nc1cc(Cl)ccc1N(C)C. The summed E-state index contributed by atoms with van der Waals surface area (Å²) in [6, 6.07) is 5.46. The number of halogens is 1. The van der Waals surface area contributed by atoms with Gasteiger partial charge in [-0.15, -0.1) is 0 Å². The number of benzene rings is 1. The molecule has 0 bridgehead atoms. The van der Waals surface area contributed by atoms with Gasteiger partial charge in [0.05, 0.1) is 11.4 Å². The van der Waals surface area contributed by atoms with Gasteiger partial charge in [-0.1, -0.05) is 25.4 Å². The Morgan fingerprint density at radius 1 is 1.38 bits per heavy atom. The molecule has 1 rings (SSSR count). The van der Waals surface area contributed by atoms with Crippen LogP contribution in [-0.2, 0) is 4.79 Å². The van der Waals surface area contributed by atoms with Crippen LogP contribution >= 0.6 is 11.6 Å². The number of anilines is 2. The Bertz CT molecular complexity index is 389. The van der Waals surface area contributed by atoms with Crippen LogP contribution in [0.4, 0.5) is 11.4 Å². The molecule has 0 atom stereocenters. The molecule has 0 saturated heterocycles. The lowest BCUT2D eigenvalue weighted by Gasteiger charge is -2.18. The van der Waals surface area contributed by atoms with E-state index in [9.17, 15) is 4.79 Å². The normalized spacial score (nSPS) is 10.4. The van der Waals surface area contributed by atoms with Crippen molar-refractivity contribution < 1.29 is 4.79 Å². The number of hydrogen-bond donors (Lipinski definition) is 1. The van der Waals surface area contributed by atoms with Gasteiger partial charge < -0.3 is 10.2 Å². The molecule has 0 aromatic heterocycles. The summed E-state index contributed by atoms with van der Waals surface area (Å²) in [5.74, 6) is -0.0561. The molecule has 0 spiro atoms. The summed E-state index contributed by atoms with van der Waals surface area (Å²) < 4.78 is 0. The fraction of sp³-hybridized carbons (Fsp3) is 0.417.